The molecular formula is C13H20ClFN2O. The lowest BCUT2D eigenvalue weighted by Crippen LogP contribution is -2.32. The maximum Gasteiger partial charge on any atom is 0.251 e. The molecule has 0 atom stereocenters. The van der Waals surface area contributed by atoms with E-state index >= 15 is 0 Å². The van der Waals surface area contributed by atoms with Crippen molar-refractivity contribution < 1.29 is 9.18 Å². The van der Waals surface area contributed by atoms with Gasteiger partial charge in [0.15, 0.2) is 0 Å². The van der Waals surface area contributed by atoms with Gasteiger partial charge in [0.2, 0.25) is 0 Å². The molecule has 2 N–H and O–H groups in total. The summed E-state index contributed by atoms with van der Waals surface area (Å²) in [4.78, 5) is 11.7. The molecule has 0 radical (unpaired) electrons. The molecule has 0 unspecified atom stereocenters. The molecule has 1 aromatic rings. The molecule has 0 heterocycles. The Hall–Kier alpha value is -1.13. The van der Waals surface area contributed by atoms with Crippen molar-refractivity contribution in [3.8, 4) is 0 Å². The Morgan fingerprint density at radius 2 is 2.00 bits per heavy atom. The van der Waals surface area contributed by atoms with Gasteiger partial charge in [0.05, 0.1) is 0 Å². The van der Waals surface area contributed by atoms with Gasteiger partial charge in [-0.05, 0) is 43.7 Å². The van der Waals surface area contributed by atoms with Crippen LogP contribution >= 0.6 is 12.4 Å². The minimum atomic E-state index is -0.286. The van der Waals surface area contributed by atoms with Crippen molar-refractivity contribution in [2.45, 2.75) is 20.3 Å². The Kier molecular flexibility index (Phi) is 8.33. The van der Waals surface area contributed by atoms with E-state index in [-0.39, 0.29) is 24.1 Å². The molecule has 102 valence electrons. The second-order valence-electron chi connectivity index (χ2n) is 3.97. The van der Waals surface area contributed by atoms with Crippen molar-refractivity contribution in [2.24, 2.45) is 0 Å². The molecule has 1 aromatic carbocycles. The summed E-state index contributed by atoms with van der Waals surface area (Å²) in [6.45, 7) is 6.02. The molecule has 0 aliphatic heterocycles. The Morgan fingerprint density at radius 3 is 2.61 bits per heavy atom. The monoisotopic (exact) mass is 274 g/mol. The van der Waals surface area contributed by atoms with Crippen LogP contribution in [0.25, 0.3) is 0 Å². The highest BCUT2D eigenvalue weighted by atomic mass is 35.5. The molecule has 1 rings (SSSR count). The molecule has 0 saturated heterocycles. The van der Waals surface area contributed by atoms with Gasteiger partial charge in [-0.25, -0.2) is 4.39 Å². The normalized spacial score (nSPS) is 9.72. The van der Waals surface area contributed by atoms with Crippen molar-refractivity contribution in [3.63, 3.8) is 0 Å². The molecule has 1 amide bonds. The predicted molar refractivity (Wildman–Crippen MR) is 73.9 cm³/mol. The zero-order valence-corrected chi connectivity index (χ0v) is 11.6. The number of hydrogen-bond donors (Lipinski definition) is 2. The number of carbonyl (C=O) groups excluding carboxylic acids is 1. The quantitative estimate of drug-likeness (QED) is 0.782. The van der Waals surface area contributed by atoms with E-state index in [2.05, 4.69) is 17.6 Å². The number of nitrogens with one attached hydrogen (secondary N) is 2. The van der Waals surface area contributed by atoms with Gasteiger partial charge in [-0.2, -0.15) is 0 Å². The van der Waals surface area contributed by atoms with Gasteiger partial charge >= 0.3 is 0 Å². The maximum atomic E-state index is 13.0. The summed E-state index contributed by atoms with van der Waals surface area (Å²) in [5.41, 5.74) is 0.987. The van der Waals surface area contributed by atoms with E-state index in [1.54, 1.807) is 13.0 Å². The Balaban J connectivity index is 0.00000289. The van der Waals surface area contributed by atoms with E-state index in [0.29, 0.717) is 17.7 Å². The summed E-state index contributed by atoms with van der Waals surface area (Å²) < 4.78 is 13.0. The molecular weight excluding hydrogens is 255 g/mol. The van der Waals surface area contributed by atoms with Crippen molar-refractivity contribution in [3.05, 3.63) is 35.1 Å². The van der Waals surface area contributed by atoms with Gasteiger partial charge in [-0.3, -0.25) is 4.79 Å². The minimum Gasteiger partial charge on any atom is -0.351 e. The molecule has 0 aromatic heterocycles. The summed E-state index contributed by atoms with van der Waals surface area (Å²) in [6, 6.07) is 4.38. The average molecular weight is 275 g/mol. The van der Waals surface area contributed by atoms with Crippen LogP contribution in [0.3, 0.4) is 0 Å². The van der Waals surface area contributed by atoms with Crippen molar-refractivity contribution in [1.82, 2.24) is 10.6 Å². The smallest absolute Gasteiger partial charge is 0.251 e. The van der Waals surface area contributed by atoms with Gasteiger partial charge in [0.1, 0.15) is 5.82 Å². The largest absolute Gasteiger partial charge is 0.351 e. The third kappa shape index (κ3) is 5.47. The van der Waals surface area contributed by atoms with E-state index < -0.39 is 0 Å². The van der Waals surface area contributed by atoms with Gasteiger partial charge in [-0.15, -0.1) is 12.4 Å². The van der Waals surface area contributed by atoms with Gasteiger partial charge in [0.25, 0.3) is 5.91 Å². The minimum absolute atomic E-state index is 0. The standard InChI is InChI=1S/C13H19FN2O.ClH/c1-3-6-15-7-8-16-13(17)11-4-5-12(14)10(2)9-11;/h4-5,9,15H,3,6-8H2,1-2H3,(H,16,17);1H. The van der Waals surface area contributed by atoms with E-state index in [9.17, 15) is 9.18 Å². The van der Waals surface area contributed by atoms with Crippen LogP contribution in [0.2, 0.25) is 0 Å². The summed E-state index contributed by atoms with van der Waals surface area (Å²) in [6.07, 6.45) is 1.07. The topological polar surface area (TPSA) is 41.1 Å². The summed E-state index contributed by atoms with van der Waals surface area (Å²) >= 11 is 0. The average Bonchev–Trinajstić information content (AvgIpc) is 2.32. The van der Waals surface area contributed by atoms with Gasteiger partial charge < -0.3 is 10.6 Å². The van der Waals surface area contributed by atoms with Gasteiger partial charge in [0, 0.05) is 18.7 Å². The first kappa shape index (κ1) is 16.9. The zero-order valence-electron chi connectivity index (χ0n) is 10.8. The lowest BCUT2D eigenvalue weighted by atomic mass is 10.1. The first-order chi connectivity index (χ1) is 8.15. The fourth-order valence-corrected chi connectivity index (χ4v) is 1.45. The number of amides is 1. The third-order valence-corrected chi connectivity index (χ3v) is 2.43. The summed E-state index contributed by atoms with van der Waals surface area (Å²) in [5, 5.41) is 5.97. The van der Waals surface area contributed by atoms with Crippen molar-refractivity contribution in [1.29, 1.82) is 0 Å². The fraction of sp³-hybridized carbons (Fsp3) is 0.462. The first-order valence-electron chi connectivity index (χ1n) is 5.90. The molecule has 0 aliphatic carbocycles. The number of carbonyl (C=O) groups is 1. The SMILES string of the molecule is CCCNCCNC(=O)c1ccc(F)c(C)c1.Cl. The molecule has 3 nitrogen and oxygen atoms in total. The molecule has 0 saturated carbocycles. The van der Waals surface area contributed by atoms with Crippen LogP contribution in [0, 0.1) is 12.7 Å². The Bertz CT molecular complexity index is 385. The van der Waals surface area contributed by atoms with Crippen LogP contribution in [0.1, 0.15) is 29.3 Å². The van der Waals surface area contributed by atoms with Crippen LogP contribution in [0.4, 0.5) is 4.39 Å². The molecule has 18 heavy (non-hydrogen) atoms. The number of hydrogen-bond acceptors (Lipinski definition) is 2. The Labute approximate surface area is 114 Å². The molecule has 0 aliphatic rings. The van der Waals surface area contributed by atoms with Crippen LogP contribution in [0.5, 0.6) is 0 Å². The zero-order chi connectivity index (χ0) is 12.7. The second-order valence-corrected chi connectivity index (χ2v) is 3.97. The lowest BCUT2D eigenvalue weighted by Gasteiger charge is -2.07. The number of halogens is 2. The highest BCUT2D eigenvalue weighted by Gasteiger charge is 2.06. The van der Waals surface area contributed by atoms with E-state index in [4.69, 9.17) is 0 Å². The maximum absolute atomic E-state index is 13.0. The highest BCUT2D eigenvalue weighted by molar-refractivity contribution is 5.94. The van der Waals surface area contributed by atoms with Gasteiger partial charge in [-0.1, -0.05) is 6.92 Å². The Morgan fingerprint density at radius 1 is 1.28 bits per heavy atom. The lowest BCUT2D eigenvalue weighted by molar-refractivity contribution is 0.0954. The van der Waals surface area contributed by atoms with E-state index in [1.165, 1.54) is 12.1 Å². The molecule has 0 spiro atoms. The fourth-order valence-electron chi connectivity index (χ4n) is 1.45. The predicted octanol–water partition coefficient (Wildman–Crippen LogP) is 2.29. The number of aryl methyl sites for hydroxylation is 1. The molecule has 5 heteroatoms. The number of rotatable bonds is 6. The molecule has 0 bridgehead atoms. The summed E-state index contributed by atoms with van der Waals surface area (Å²) in [7, 11) is 0. The van der Waals surface area contributed by atoms with Crippen LogP contribution in [-0.2, 0) is 0 Å². The number of benzene rings is 1. The van der Waals surface area contributed by atoms with Crippen LogP contribution in [-0.4, -0.2) is 25.5 Å². The summed E-state index contributed by atoms with van der Waals surface area (Å²) in [5.74, 6) is -0.447. The van der Waals surface area contributed by atoms with Crippen LogP contribution in [0.15, 0.2) is 18.2 Å². The van der Waals surface area contributed by atoms with Crippen molar-refractivity contribution in [2.75, 3.05) is 19.6 Å². The third-order valence-electron chi connectivity index (χ3n) is 2.43. The highest BCUT2D eigenvalue weighted by Crippen LogP contribution is 2.08. The van der Waals surface area contributed by atoms with Crippen LogP contribution < -0.4 is 10.6 Å². The van der Waals surface area contributed by atoms with Crippen molar-refractivity contribution >= 4 is 18.3 Å². The first-order valence-corrected chi connectivity index (χ1v) is 5.90. The van der Waals surface area contributed by atoms with E-state index in [0.717, 1.165) is 19.5 Å². The van der Waals surface area contributed by atoms with E-state index in [1.807, 2.05) is 0 Å². The second kappa shape index (κ2) is 8.89. The molecule has 0 fully saturated rings.